The van der Waals surface area contributed by atoms with Crippen LogP contribution in [0.3, 0.4) is 0 Å². The molecule has 0 radical (unpaired) electrons. The minimum absolute atomic E-state index is 0.706. The Morgan fingerprint density at radius 2 is 2.16 bits per heavy atom. The van der Waals surface area contributed by atoms with Gasteiger partial charge in [-0.25, -0.2) is 0 Å². The van der Waals surface area contributed by atoms with Gasteiger partial charge in [0.05, 0.1) is 0 Å². The summed E-state index contributed by atoms with van der Waals surface area (Å²) < 4.78 is 0. The Bertz CT molecular complexity index is 391. The molecule has 19 heavy (non-hydrogen) atoms. The monoisotopic (exact) mass is 261 g/mol. The summed E-state index contributed by atoms with van der Waals surface area (Å²) in [7, 11) is 4.47. The average molecular weight is 261 g/mol. The van der Waals surface area contributed by atoms with Crippen LogP contribution in [0.15, 0.2) is 24.3 Å². The Hall–Kier alpha value is -1.06. The zero-order valence-corrected chi connectivity index (χ0v) is 12.5. The van der Waals surface area contributed by atoms with Crippen molar-refractivity contribution in [1.29, 1.82) is 0 Å². The number of likely N-dealkylation sites (tertiary alicyclic amines) is 1. The van der Waals surface area contributed by atoms with Crippen molar-refractivity contribution in [3.63, 3.8) is 0 Å². The van der Waals surface area contributed by atoms with Crippen LogP contribution >= 0.6 is 0 Å². The molecular formula is C16H27N3. The Morgan fingerprint density at radius 1 is 1.37 bits per heavy atom. The van der Waals surface area contributed by atoms with Gasteiger partial charge in [0, 0.05) is 31.9 Å². The second kappa shape index (κ2) is 6.92. The number of hydrogen-bond acceptors (Lipinski definition) is 3. The minimum atomic E-state index is 0.706. The highest BCUT2D eigenvalue weighted by molar-refractivity contribution is 5.53. The van der Waals surface area contributed by atoms with E-state index in [1.807, 2.05) is 0 Å². The lowest BCUT2D eigenvalue weighted by Gasteiger charge is -2.29. The molecule has 1 aliphatic heterocycles. The lowest BCUT2D eigenvalue weighted by molar-refractivity contribution is 0.314. The van der Waals surface area contributed by atoms with Gasteiger partial charge in [0.15, 0.2) is 0 Å². The fourth-order valence-electron chi connectivity index (χ4n) is 2.92. The molecule has 1 atom stereocenters. The molecule has 0 aromatic heterocycles. The van der Waals surface area contributed by atoms with E-state index in [4.69, 9.17) is 0 Å². The Morgan fingerprint density at radius 3 is 2.84 bits per heavy atom. The third-order valence-electron chi connectivity index (χ3n) is 4.12. The van der Waals surface area contributed by atoms with Crippen molar-refractivity contribution in [2.45, 2.75) is 32.4 Å². The van der Waals surface area contributed by atoms with Crippen LogP contribution in [0.4, 0.5) is 5.69 Å². The highest BCUT2D eigenvalue weighted by atomic mass is 15.2. The van der Waals surface area contributed by atoms with Crippen molar-refractivity contribution in [2.24, 2.45) is 0 Å². The highest BCUT2D eigenvalue weighted by Crippen LogP contribution is 2.22. The van der Waals surface area contributed by atoms with Crippen LogP contribution < -0.4 is 10.2 Å². The van der Waals surface area contributed by atoms with Gasteiger partial charge >= 0.3 is 0 Å². The second-order valence-electron chi connectivity index (χ2n) is 5.57. The van der Waals surface area contributed by atoms with Crippen molar-refractivity contribution in [3.8, 4) is 0 Å². The number of hydrogen-bond donors (Lipinski definition) is 1. The Kier molecular flexibility index (Phi) is 5.23. The molecule has 1 heterocycles. The van der Waals surface area contributed by atoms with Crippen LogP contribution in [-0.4, -0.2) is 44.7 Å². The van der Waals surface area contributed by atoms with Gasteiger partial charge in [-0.15, -0.1) is 0 Å². The molecule has 1 aliphatic rings. The highest BCUT2D eigenvalue weighted by Gasteiger charge is 2.22. The number of para-hydroxylation sites is 1. The normalized spacial score (nSPS) is 19.8. The summed E-state index contributed by atoms with van der Waals surface area (Å²) in [5, 5.41) is 3.43. The zero-order chi connectivity index (χ0) is 13.7. The molecule has 0 aliphatic carbocycles. The molecule has 0 bridgehead atoms. The zero-order valence-electron chi connectivity index (χ0n) is 12.5. The van der Waals surface area contributed by atoms with Crippen LogP contribution in [0.1, 0.15) is 25.3 Å². The quantitative estimate of drug-likeness (QED) is 0.848. The van der Waals surface area contributed by atoms with Gasteiger partial charge in [-0.3, -0.25) is 0 Å². The van der Waals surface area contributed by atoms with E-state index in [0.717, 1.165) is 19.6 Å². The molecular weight excluding hydrogens is 234 g/mol. The molecule has 1 saturated heterocycles. The number of likely N-dealkylation sites (N-methyl/N-ethyl adjacent to an activating group) is 2. The number of rotatable bonds is 6. The lowest BCUT2D eigenvalue weighted by Crippen LogP contribution is -2.37. The maximum Gasteiger partial charge on any atom is 0.0409 e. The standard InChI is InChI=1S/C16H27N3/c1-4-17-12-14-8-5-6-10-16(14)19(3)13-15-9-7-11-18(15)2/h5-6,8,10,15,17H,4,7,9,11-13H2,1-3H3. The minimum Gasteiger partial charge on any atom is -0.373 e. The van der Waals surface area contributed by atoms with Crippen molar-refractivity contribution < 1.29 is 0 Å². The molecule has 106 valence electrons. The van der Waals surface area contributed by atoms with Gasteiger partial charge in [0.25, 0.3) is 0 Å². The first kappa shape index (κ1) is 14.4. The maximum absolute atomic E-state index is 3.43. The van der Waals surface area contributed by atoms with Gasteiger partial charge < -0.3 is 15.1 Å². The van der Waals surface area contributed by atoms with Crippen molar-refractivity contribution >= 4 is 5.69 Å². The van der Waals surface area contributed by atoms with E-state index in [9.17, 15) is 0 Å². The molecule has 0 amide bonds. The third-order valence-corrected chi connectivity index (χ3v) is 4.12. The Labute approximate surface area is 117 Å². The third kappa shape index (κ3) is 3.71. The second-order valence-corrected chi connectivity index (χ2v) is 5.57. The number of benzene rings is 1. The number of anilines is 1. The first-order chi connectivity index (χ1) is 9.22. The summed E-state index contributed by atoms with van der Waals surface area (Å²) in [6.07, 6.45) is 2.67. The molecule has 3 heteroatoms. The fourth-order valence-corrected chi connectivity index (χ4v) is 2.92. The van der Waals surface area contributed by atoms with E-state index in [2.05, 4.69) is 60.4 Å². The first-order valence-electron chi connectivity index (χ1n) is 7.42. The summed E-state index contributed by atoms with van der Waals surface area (Å²) >= 11 is 0. The molecule has 1 unspecified atom stereocenters. The van der Waals surface area contributed by atoms with E-state index >= 15 is 0 Å². The van der Waals surface area contributed by atoms with Gasteiger partial charge in [0.1, 0.15) is 0 Å². The molecule has 1 fully saturated rings. The van der Waals surface area contributed by atoms with Crippen LogP contribution in [0.5, 0.6) is 0 Å². The predicted molar refractivity (Wildman–Crippen MR) is 82.7 cm³/mol. The van der Waals surface area contributed by atoms with E-state index in [1.54, 1.807) is 0 Å². The molecule has 1 aromatic carbocycles. The molecule has 0 saturated carbocycles. The van der Waals surface area contributed by atoms with Gasteiger partial charge in [-0.2, -0.15) is 0 Å². The molecule has 2 rings (SSSR count). The van der Waals surface area contributed by atoms with Crippen LogP contribution in [-0.2, 0) is 6.54 Å². The summed E-state index contributed by atoms with van der Waals surface area (Å²) in [4.78, 5) is 4.91. The van der Waals surface area contributed by atoms with Crippen LogP contribution in [0, 0.1) is 0 Å². The fraction of sp³-hybridized carbons (Fsp3) is 0.625. The van der Waals surface area contributed by atoms with Crippen LogP contribution in [0.2, 0.25) is 0 Å². The first-order valence-corrected chi connectivity index (χ1v) is 7.42. The average Bonchev–Trinajstić information content (AvgIpc) is 2.82. The molecule has 3 nitrogen and oxygen atoms in total. The van der Waals surface area contributed by atoms with Gasteiger partial charge in [-0.05, 0) is 44.6 Å². The van der Waals surface area contributed by atoms with Gasteiger partial charge in [-0.1, -0.05) is 25.1 Å². The number of nitrogens with zero attached hydrogens (tertiary/aromatic N) is 2. The summed E-state index contributed by atoms with van der Waals surface area (Å²) in [6.45, 7) is 6.50. The smallest absolute Gasteiger partial charge is 0.0409 e. The van der Waals surface area contributed by atoms with Crippen molar-refractivity contribution in [1.82, 2.24) is 10.2 Å². The topological polar surface area (TPSA) is 18.5 Å². The number of nitrogens with one attached hydrogen (secondary N) is 1. The van der Waals surface area contributed by atoms with Crippen molar-refractivity contribution in [3.05, 3.63) is 29.8 Å². The van der Waals surface area contributed by atoms with Crippen LogP contribution in [0.25, 0.3) is 0 Å². The Balaban J connectivity index is 2.03. The summed E-state index contributed by atoms with van der Waals surface area (Å²) in [6, 6.07) is 9.44. The summed E-state index contributed by atoms with van der Waals surface area (Å²) in [5.41, 5.74) is 2.76. The van der Waals surface area contributed by atoms with E-state index in [1.165, 1.54) is 30.6 Å². The van der Waals surface area contributed by atoms with E-state index in [0.29, 0.717) is 6.04 Å². The maximum atomic E-state index is 3.43. The van der Waals surface area contributed by atoms with E-state index < -0.39 is 0 Å². The van der Waals surface area contributed by atoms with E-state index in [-0.39, 0.29) is 0 Å². The molecule has 1 aromatic rings. The lowest BCUT2D eigenvalue weighted by atomic mass is 10.1. The molecule has 0 spiro atoms. The SMILES string of the molecule is CCNCc1ccccc1N(C)CC1CCCN1C. The largest absolute Gasteiger partial charge is 0.373 e. The summed E-state index contributed by atoms with van der Waals surface area (Å²) in [5.74, 6) is 0. The molecule has 1 N–H and O–H groups in total. The predicted octanol–water partition coefficient (Wildman–Crippen LogP) is 2.33. The van der Waals surface area contributed by atoms with Crippen molar-refractivity contribution in [2.75, 3.05) is 38.6 Å². The van der Waals surface area contributed by atoms with Gasteiger partial charge in [0.2, 0.25) is 0 Å².